The van der Waals surface area contributed by atoms with Crippen LogP contribution in [0, 0.1) is 10.8 Å². The number of rotatable bonds is 7. The van der Waals surface area contributed by atoms with E-state index in [1.807, 2.05) is 38.1 Å². The first kappa shape index (κ1) is 20.6. The highest BCUT2D eigenvalue weighted by Gasteiger charge is 2.35. The molecule has 0 aliphatic carbocycles. The van der Waals surface area contributed by atoms with Crippen molar-refractivity contribution in [2.45, 2.75) is 13.8 Å². The zero-order valence-electron chi connectivity index (χ0n) is 17.3. The van der Waals surface area contributed by atoms with Crippen molar-refractivity contribution in [3.05, 3.63) is 59.7 Å². The van der Waals surface area contributed by atoms with Gasteiger partial charge in [-0.15, -0.1) is 0 Å². The van der Waals surface area contributed by atoms with Crippen LogP contribution in [0.1, 0.15) is 34.6 Å². The Labute approximate surface area is 176 Å². The van der Waals surface area contributed by atoms with Crippen LogP contribution in [-0.2, 0) is 18.9 Å². The summed E-state index contributed by atoms with van der Waals surface area (Å²) in [5.41, 5.74) is 2.61. The van der Waals surface area contributed by atoms with Crippen molar-refractivity contribution in [2.24, 2.45) is 10.8 Å². The molecule has 0 spiro atoms. The van der Waals surface area contributed by atoms with Gasteiger partial charge in [-0.05, 0) is 35.4 Å². The predicted octanol–water partition coefficient (Wildman–Crippen LogP) is 3.74. The average Bonchev–Trinajstić information content (AvgIpc) is 2.73. The zero-order valence-corrected chi connectivity index (χ0v) is 17.3. The highest BCUT2D eigenvalue weighted by Crippen LogP contribution is 2.28. The summed E-state index contributed by atoms with van der Waals surface area (Å²) in [5.74, 6) is -0.695. The summed E-state index contributed by atoms with van der Waals surface area (Å²) in [6.07, 6.45) is 0. The minimum atomic E-state index is -0.348. The van der Waals surface area contributed by atoms with Crippen molar-refractivity contribution in [3.8, 4) is 11.1 Å². The van der Waals surface area contributed by atoms with Crippen LogP contribution in [0.15, 0.2) is 48.5 Å². The van der Waals surface area contributed by atoms with Gasteiger partial charge in [0.05, 0.1) is 37.6 Å². The summed E-state index contributed by atoms with van der Waals surface area (Å²) >= 11 is 0. The number of benzene rings is 2. The molecule has 158 valence electrons. The molecule has 2 heterocycles. The quantitative estimate of drug-likeness (QED) is 0.648. The zero-order chi connectivity index (χ0) is 21.2. The predicted molar refractivity (Wildman–Crippen MR) is 110 cm³/mol. The first-order valence-electron chi connectivity index (χ1n) is 10.1. The molecule has 0 saturated carbocycles. The molecule has 2 fully saturated rings. The van der Waals surface area contributed by atoms with Crippen LogP contribution in [0.3, 0.4) is 0 Å². The van der Waals surface area contributed by atoms with Gasteiger partial charge >= 0.3 is 11.9 Å². The Bertz CT molecular complexity index is 925. The highest BCUT2D eigenvalue weighted by atomic mass is 16.6. The molecule has 0 unspecified atom stereocenters. The van der Waals surface area contributed by atoms with Gasteiger partial charge in [-0.25, -0.2) is 9.59 Å². The van der Waals surface area contributed by atoms with Crippen molar-refractivity contribution in [1.82, 2.24) is 0 Å². The largest absolute Gasteiger partial charge is 0.461 e. The third-order valence-electron chi connectivity index (χ3n) is 5.46. The minimum absolute atomic E-state index is 0.0757. The molecule has 0 N–H and O–H groups in total. The lowest BCUT2D eigenvalue weighted by Crippen LogP contribution is -2.44. The first-order chi connectivity index (χ1) is 14.4. The number of hydrogen-bond acceptors (Lipinski definition) is 6. The fourth-order valence-electron chi connectivity index (χ4n) is 3.34. The molecule has 30 heavy (non-hydrogen) atoms. The smallest absolute Gasteiger partial charge is 0.338 e. The Morgan fingerprint density at radius 3 is 1.80 bits per heavy atom. The number of hydrogen-bond donors (Lipinski definition) is 0. The molecule has 2 aliphatic rings. The standard InChI is InChI=1S/C24H26O6/c1-23(11-27-12-23)15-29-21(25)18-8-6-17(7-9-18)19-4-3-5-20(10-19)22(26)30-16-24(2)13-28-14-24/h3-10H,11-16H2,1-2H3. The molecule has 0 amide bonds. The van der Waals surface area contributed by atoms with Crippen LogP contribution >= 0.6 is 0 Å². The van der Waals surface area contributed by atoms with Gasteiger partial charge in [-0.2, -0.15) is 0 Å². The second kappa shape index (κ2) is 8.20. The fourth-order valence-corrected chi connectivity index (χ4v) is 3.34. The molecule has 6 heteroatoms. The van der Waals surface area contributed by atoms with E-state index < -0.39 is 0 Å². The van der Waals surface area contributed by atoms with Crippen molar-refractivity contribution in [3.63, 3.8) is 0 Å². The van der Waals surface area contributed by atoms with Crippen LogP contribution < -0.4 is 0 Å². The normalized spacial score (nSPS) is 18.6. The Kier molecular flexibility index (Phi) is 5.62. The Hall–Kier alpha value is -2.70. The molecule has 2 saturated heterocycles. The van der Waals surface area contributed by atoms with E-state index in [0.29, 0.717) is 50.8 Å². The summed E-state index contributed by atoms with van der Waals surface area (Å²) in [7, 11) is 0. The lowest BCUT2D eigenvalue weighted by atomic mass is 9.90. The Balaban J connectivity index is 1.38. The van der Waals surface area contributed by atoms with Gasteiger partial charge in [0.15, 0.2) is 0 Å². The summed E-state index contributed by atoms with van der Waals surface area (Å²) in [6.45, 7) is 7.22. The lowest BCUT2D eigenvalue weighted by molar-refractivity contribution is -0.127. The second-order valence-electron chi connectivity index (χ2n) is 8.92. The van der Waals surface area contributed by atoms with Crippen LogP contribution in [-0.4, -0.2) is 51.6 Å². The summed E-state index contributed by atoms with van der Waals surface area (Å²) in [4.78, 5) is 24.7. The number of ether oxygens (including phenoxy) is 4. The highest BCUT2D eigenvalue weighted by molar-refractivity contribution is 5.92. The van der Waals surface area contributed by atoms with Gasteiger partial charge in [-0.3, -0.25) is 0 Å². The van der Waals surface area contributed by atoms with Crippen LogP contribution in [0.25, 0.3) is 11.1 Å². The minimum Gasteiger partial charge on any atom is -0.461 e. The monoisotopic (exact) mass is 410 g/mol. The fraction of sp³-hybridized carbons (Fsp3) is 0.417. The maximum Gasteiger partial charge on any atom is 0.338 e. The third-order valence-corrected chi connectivity index (χ3v) is 5.46. The maximum absolute atomic E-state index is 12.4. The van der Waals surface area contributed by atoms with Gasteiger partial charge in [0, 0.05) is 10.8 Å². The molecule has 2 aromatic rings. The van der Waals surface area contributed by atoms with Crippen LogP contribution in [0.5, 0.6) is 0 Å². The topological polar surface area (TPSA) is 71.1 Å². The van der Waals surface area contributed by atoms with Crippen molar-refractivity contribution in [1.29, 1.82) is 0 Å². The van der Waals surface area contributed by atoms with E-state index in [2.05, 4.69) is 0 Å². The molecular weight excluding hydrogens is 384 g/mol. The van der Waals surface area contributed by atoms with Gasteiger partial charge in [0.25, 0.3) is 0 Å². The van der Waals surface area contributed by atoms with E-state index in [9.17, 15) is 9.59 Å². The molecule has 6 nitrogen and oxygen atoms in total. The molecular formula is C24H26O6. The van der Waals surface area contributed by atoms with E-state index >= 15 is 0 Å². The third kappa shape index (κ3) is 4.55. The molecule has 0 atom stereocenters. The van der Waals surface area contributed by atoms with Gasteiger partial charge in [-0.1, -0.05) is 38.1 Å². The SMILES string of the molecule is CC1(COC(=O)c2ccc(-c3cccc(C(=O)OCC4(C)COC4)c3)cc2)COC1. The summed E-state index contributed by atoms with van der Waals surface area (Å²) in [6, 6.07) is 14.4. The van der Waals surface area contributed by atoms with E-state index in [1.165, 1.54) is 0 Å². The van der Waals surface area contributed by atoms with Crippen LogP contribution in [0.4, 0.5) is 0 Å². The molecule has 4 rings (SSSR count). The number of esters is 2. The Morgan fingerprint density at radius 2 is 1.30 bits per heavy atom. The summed E-state index contributed by atoms with van der Waals surface area (Å²) < 4.78 is 21.2. The first-order valence-corrected chi connectivity index (χ1v) is 10.1. The molecule has 0 radical (unpaired) electrons. The van der Waals surface area contributed by atoms with E-state index in [-0.39, 0.29) is 22.8 Å². The molecule has 0 bridgehead atoms. The van der Waals surface area contributed by atoms with Gasteiger partial charge in [0.1, 0.15) is 13.2 Å². The van der Waals surface area contributed by atoms with Crippen LogP contribution in [0.2, 0.25) is 0 Å². The van der Waals surface area contributed by atoms with E-state index in [1.54, 1.807) is 24.3 Å². The van der Waals surface area contributed by atoms with Crippen molar-refractivity contribution < 1.29 is 28.5 Å². The molecule has 0 aromatic heterocycles. The molecule has 2 aromatic carbocycles. The number of carbonyl (C=O) groups is 2. The van der Waals surface area contributed by atoms with Crippen molar-refractivity contribution >= 4 is 11.9 Å². The Morgan fingerprint density at radius 1 is 0.767 bits per heavy atom. The van der Waals surface area contributed by atoms with Gasteiger partial charge < -0.3 is 18.9 Å². The lowest BCUT2D eigenvalue weighted by Gasteiger charge is -2.37. The second-order valence-corrected chi connectivity index (χ2v) is 8.92. The van der Waals surface area contributed by atoms with E-state index in [0.717, 1.165) is 11.1 Å². The maximum atomic E-state index is 12.4. The number of carbonyl (C=O) groups excluding carboxylic acids is 2. The average molecular weight is 410 g/mol. The molecule has 2 aliphatic heterocycles. The van der Waals surface area contributed by atoms with E-state index in [4.69, 9.17) is 18.9 Å². The van der Waals surface area contributed by atoms with Crippen molar-refractivity contribution in [2.75, 3.05) is 39.6 Å². The van der Waals surface area contributed by atoms with Gasteiger partial charge in [0.2, 0.25) is 0 Å². The summed E-state index contributed by atoms with van der Waals surface area (Å²) in [5, 5.41) is 0.